The Morgan fingerprint density at radius 2 is 2.16 bits per heavy atom. The molecule has 0 aliphatic rings. The summed E-state index contributed by atoms with van der Waals surface area (Å²) in [6.07, 6.45) is 1.49. The highest BCUT2D eigenvalue weighted by atomic mass is 16.5. The lowest BCUT2D eigenvalue weighted by atomic mass is 10.2. The molecule has 0 atom stereocenters. The van der Waals surface area contributed by atoms with Gasteiger partial charge in [-0.2, -0.15) is 0 Å². The molecule has 0 radical (unpaired) electrons. The van der Waals surface area contributed by atoms with Crippen molar-refractivity contribution >= 4 is 17.6 Å². The molecule has 0 unspecified atom stereocenters. The van der Waals surface area contributed by atoms with Gasteiger partial charge in [0.15, 0.2) is 5.69 Å². The third-order valence-electron chi connectivity index (χ3n) is 2.53. The number of aromatic nitrogens is 1. The minimum Gasteiger partial charge on any atom is -0.465 e. The van der Waals surface area contributed by atoms with Crippen molar-refractivity contribution in [1.29, 1.82) is 0 Å². The minimum atomic E-state index is -0.445. The number of esters is 1. The van der Waals surface area contributed by atoms with Crippen molar-refractivity contribution < 1.29 is 14.3 Å². The molecule has 1 amide bonds. The van der Waals surface area contributed by atoms with Gasteiger partial charge in [0.2, 0.25) is 0 Å². The number of nitrogens with zero attached hydrogens (tertiary/aromatic N) is 2. The van der Waals surface area contributed by atoms with E-state index in [1.54, 1.807) is 19.1 Å². The van der Waals surface area contributed by atoms with E-state index in [0.717, 1.165) is 0 Å². The van der Waals surface area contributed by atoms with Crippen molar-refractivity contribution in [3.05, 3.63) is 24.0 Å². The lowest BCUT2D eigenvalue weighted by molar-refractivity contribution is -0.144. The van der Waals surface area contributed by atoms with Crippen LogP contribution in [-0.4, -0.2) is 41.0 Å². The van der Waals surface area contributed by atoms with Gasteiger partial charge in [-0.25, -0.2) is 4.98 Å². The van der Waals surface area contributed by atoms with Crippen molar-refractivity contribution in [1.82, 2.24) is 9.88 Å². The highest BCUT2D eigenvalue weighted by Gasteiger charge is 2.24. The van der Waals surface area contributed by atoms with Gasteiger partial charge in [-0.1, -0.05) is 0 Å². The van der Waals surface area contributed by atoms with Crippen molar-refractivity contribution in [2.24, 2.45) is 0 Å². The molecule has 0 bridgehead atoms. The third kappa shape index (κ3) is 3.94. The van der Waals surface area contributed by atoms with E-state index in [0.29, 0.717) is 5.69 Å². The van der Waals surface area contributed by atoms with E-state index in [1.807, 2.05) is 13.8 Å². The monoisotopic (exact) mass is 265 g/mol. The molecule has 6 nitrogen and oxygen atoms in total. The number of anilines is 1. The molecule has 2 N–H and O–H groups in total. The molecule has 0 fully saturated rings. The number of hydrogen-bond acceptors (Lipinski definition) is 5. The summed E-state index contributed by atoms with van der Waals surface area (Å²) in [5, 5.41) is 0. The fraction of sp³-hybridized carbons (Fsp3) is 0.462. The first-order chi connectivity index (χ1) is 8.97. The lowest BCUT2D eigenvalue weighted by Crippen LogP contribution is -2.41. The van der Waals surface area contributed by atoms with Gasteiger partial charge in [-0.05, 0) is 32.9 Å². The Labute approximate surface area is 112 Å². The number of pyridine rings is 1. The van der Waals surface area contributed by atoms with Crippen LogP contribution in [0.3, 0.4) is 0 Å². The van der Waals surface area contributed by atoms with Gasteiger partial charge in [-0.15, -0.1) is 0 Å². The van der Waals surface area contributed by atoms with E-state index in [9.17, 15) is 9.59 Å². The highest BCUT2D eigenvalue weighted by Crippen LogP contribution is 2.12. The van der Waals surface area contributed by atoms with Crippen molar-refractivity contribution in [3.8, 4) is 0 Å². The van der Waals surface area contributed by atoms with Gasteiger partial charge in [0, 0.05) is 12.2 Å². The number of nitrogen functional groups attached to an aromatic ring is 1. The number of ether oxygens (including phenoxy) is 1. The average molecular weight is 265 g/mol. The van der Waals surface area contributed by atoms with Crippen LogP contribution in [0, 0.1) is 0 Å². The predicted molar refractivity (Wildman–Crippen MR) is 71.5 cm³/mol. The first kappa shape index (κ1) is 14.9. The van der Waals surface area contributed by atoms with E-state index in [-0.39, 0.29) is 30.8 Å². The SMILES string of the molecule is CCOC(=O)CN(C(=O)c1ncccc1N)C(C)C. The van der Waals surface area contributed by atoms with Gasteiger partial charge in [-0.3, -0.25) is 9.59 Å². The standard InChI is InChI=1S/C13H19N3O3/c1-4-19-11(17)8-16(9(2)3)13(18)12-10(14)6-5-7-15-12/h5-7,9H,4,8,14H2,1-3H3. The first-order valence-electron chi connectivity index (χ1n) is 6.14. The number of rotatable bonds is 5. The van der Waals surface area contributed by atoms with Crippen molar-refractivity contribution in [2.75, 3.05) is 18.9 Å². The minimum absolute atomic E-state index is 0.111. The lowest BCUT2D eigenvalue weighted by Gasteiger charge is -2.25. The second kappa shape index (κ2) is 6.72. The summed E-state index contributed by atoms with van der Waals surface area (Å²) >= 11 is 0. The van der Waals surface area contributed by atoms with Gasteiger partial charge < -0.3 is 15.4 Å². The number of amides is 1. The Bertz CT molecular complexity index is 460. The molecule has 1 heterocycles. The van der Waals surface area contributed by atoms with E-state index in [4.69, 9.17) is 10.5 Å². The molecular formula is C13H19N3O3. The van der Waals surface area contributed by atoms with E-state index in [2.05, 4.69) is 4.98 Å². The van der Waals surface area contributed by atoms with Crippen molar-refractivity contribution in [3.63, 3.8) is 0 Å². The molecule has 19 heavy (non-hydrogen) atoms. The van der Waals surface area contributed by atoms with Crippen LogP contribution in [0.2, 0.25) is 0 Å². The van der Waals surface area contributed by atoms with Crippen LogP contribution in [0.15, 0.2) is 18.3 Å². The number of carbonyl (C=O) groups is 2. The van der Waals surface area contributed by atoms with Gasteiger partial charge in [0.05, 0.1) is 12.3 Å². The zero-order valence-electron chi connectivity index (χ0n) is 11.4. The summed E-state index contributed by atoms with van der Waals surface area (Å²) in [4.78, 5) is 29.2. The summed E-state index contributed by atoms with van der Waals surface area (Å²) in [6.45, 7) is 5.52. The maximum atomic E-state index is 12.3. The van der Waals surface area contributed by atoms with Crippen molar-refractivity contribution in [2.45, 2.75) is 26.8 Å². The van der Waals surface area contributed by atoms with Crippen LogP contribution < -0.4 is 5.73 Å². The molecule has 104 valence electrons. The number of carbonyl (C=O) groups excluding carboxylic acids is 2. The normalized spacial score (nSPS) is 10.3. The molecule has 0 spiro atoms. The zero-order valence-corrected chi connectivity index (χ0v) is 11.4. The predicted octanol–water partition coefficient (Wildman–Crippen LogP) is 1.08. The summed E-state index contributed by atoms with van der Waals surface area (Å²) in [5.41, 5.74) is 6.17. The average Bonchev–Trinajstić information content (AvgIpc) is 2.36. The smallest absolute Gasteiger partial charge is 0.325 e. The van der Waals surface area contributed by atoms with Crippen LogP contribution in [0.25, 0.3) is 0 Å². The summed E-state index contributed by atoms with van der Waals surface area (Å²) < 4.78 is 4.85. The van der Waals surface area contributed by atoms with Crippen LogP contribution in [0.1, 0.15) is 31.3 Å². The zero-order chi connectivity index (χ0) is 14.4. The number of nitrogens with two attached hydrogens (primary N) is 1. The summed E-state index contributed by atoms with van der Waals surface area (Å²) in [6, 6.07) is 3.10. The van der Waals surface area contributed by atoms with E-state index >= 15 is 0 Å². The molecule has 1 aromatic rings. The Morgan fingerprint density at radius 3 is 2.68 bits per heavy atom. The van der Waals surface area contributed by atoms with Crippen LogP contribution >= 0.6 is 0 Å². The summed E-state index contributed by atoms with van der Waals surface area (Å²) in [5.74, 6) is -0.819. The molecule has 0 saturated carbocycles. The fourth-order valence-corrected chi connectivity index (χ4v) is 1.57. The Morgan fingerprint density at radius 1 is 1.47 bits per heavy atom. The van der Waals surface area contributed by atoms with E-state index < -0.39 is 5.97 Å². The van der Waals surface area contributed by atoms with Gasteiger partial charge in [0.1, 0.15) is 6.54 Å². The maximum absolute atomic E-state index is 12.3. The maximum Gasteiger partial charge on any atom is 0.325 e. The van der Waals surface area contributed by atoms with Crippen LogP contribution in [0.5, 0.6) is 0 Å². The third-order valence-corrected chi connectivity index (χ3v) is 2.53. The molecule has 0 aliphatic carbocycles. The highest BCUT2D eigenvalue weighted by molar-refractivity contribution is 5.98. The molecule has 1 aromatic heterocycles. The summed E-state index contributed by atoms with van der Waals surface area (Å²) in [7, 11) is 0. The Balaban J connectivity index is 2.91. The van der Waals surface area contributed by atoms with Gasteiger partial charge in [0.25, 0.3) is 5.91 Å². The van der Waals surface area contributed by atoms with Crippen LogP contribution in [0.4, 0.5) is 5.69 Å². The molecular weight excluding hydrogens is 246 g/mol. The molecule has 0 saturated heterocycles. The second-order valence-corrected chi connectivity index (χ2v) is 4.27. The quantitative estimate of drug-likeness (QED) is 0.805. The molecule has 0 aliphatic heterocycles. The Hall–Kier alpha value is -2.11. The largest absolute Gasteiger partial charge is 0.465 e. The van der Waals surface area contributed by atoms with E-state index in [1.165, 1.54) is 11.1 Å². The molecule has 0 aromatic carbocycles. The topological polar surface area (TPSA) is 85.5 Å². The molecule has 6 heteroatoms. The second-order valence-electron chi connectivity index (χ2n) is 4.27. The molecule has 1 rings (SSSR count). The van der Waals surface area contributed by atoms with Crippen LogP contribution in [-0.2, 0) is 9.53 Å². The van der Waals surface area contributed by atoms with Gasteiger partial charge >= 0.3 is 5.97 Å². The Kier molecular flexibility index (Phi) is 5.29. The fourth-order valence-electron chi connectivity index (χ4n) is 1.57. The number of hydrogen-bond donors (Lipinski definition) is 1. The first-order valence-corrected chi connectivity index (χ1v) is 6.14.